The fraction of sp³-hybridized carbons (Fsp3) is 0.308. The van der Waals surface area contributed by atoms with Gasteiger partial charge in [-0.25, -0.2) is 8.78 Å². The number of halogens is 2. The van der Waals surface area contributed by atoms with Crippen LogP contribution in [0.2, 0.25) is 0 Å². The van der Waals surface area contributed by atoms with Crippen LogP contribution in [0.1, 0.15) is 19.4 Å². The van der Waals surface area contributed by atoms with Gasteiger partial charge in [0, 0.05) is 23.7 Å². The first kappa shape index (κ1) is 12.7. The zero-order chi connectivity index (χ0) is 13.1. The number of nitrogens with one attached hydrogen (secondary N) is 1. The predicted molar refractivity (Wildman–Crippen MR) is 63.8 cm³/mol. The molecule has 0 unspecified atom stereocenters. The Hall–Kier alpha value is -1.75. The normalized spacial score (nSPS) is 11.2. The molecule has 1 aromatic carbocycles. The summed E-state index contributed by atoms with van der Waals surface area (Å²) in [6.45, 7) is 4.60. The minimum Gasteiger partial charge on any atom is -0.356 e. The number of hydrogen-bond donors (Lipinski definition) is 1. The molecule has 2 rings (SSSR count). The summed E-state index contributed by atoms with van der Waals surface area (Å²) in [5, 5.41) is 6.91. The highest BCUT2D eigenvalue weighted by Gasteiger charge is 2.13. The van der Waals surface area contributed by atoms with Crippen molar-refractivity contribution in [2.24, 2.45) is 0 Å². The molecule has 2 aromatic rings. The first-order valence-electron chi connectivity index (χ1n) is 5.70. The number of aromatic nitrogens is 1. The average molecular weight is 252 g/mol. The smallest absolute Gasteiger partial charge is 0.171 e. The van der Waals surface area contributed by atoms with Gasteiger partial charge in [-0.2, -0.15) is 0 Å². The first-order valence-corrected chi connectivity index (χ1v) is 5.70. The summed E-state index contributed by atoms with van der Waals surface area (Å²) >= 11 is 0. The second-order valence-corrected chi connectivity index (χ2v) is 4.34. The molecule has 0 spiro atoms. The SMILES string of the molecule is CC(C)NCc1cnoc1-c1ccc(F)c(F)c1. The van der Waals surface area contributed by atoms with Crippen LogP contribution in [0.25, 0.3) is 11.3 Å². The minimum absolute atomic E-state index is 0.317. The quantitative estimate of drug-likeness (QED) is 0.908. The molecule has 0 amide bonds. The fourth-order valence-corrected chi connectivity index (χ4v) is 1.58. The van der Waals surface area contributed by atoms with Crippen molar-refractivity contribution in [2.75, 3.05) is 0 Å². The lowest BCUT2D eigenvalue weighted by atomic mass is 10.1. The standard InChI is InChI=1S/C13H14F2N2O/c1-8(2)16-6-10-7-17-18-13(10)9-3-4-11(14)12(15)5-9/h3-5,7-8,16H,6H2,1-2H3. The van der Waals surface area contributed by atoms with Gasteiger partial charge in [0.15, 0.2) is 17.4 Å². The van der Waals surface area contributed by atoms with Gasteiger partial charge in [0.2, 0.25) is 0 Å². The van der Waals surface area contributed by atoms with Crippen molar-refractivity contribution in [3.63, 3.8) is 0 Å². The Balaban J connectivity index is 2.27. The van der Waals surface area contributed by atoms with E-state index in [4.69, 9.17) is 4.52 Å². The van der Waals surface area contributed by atoms with Crippen LogP contribution in [0, 0.1) is 11.6 Å². The molecule has 0 saturated heterocycles. The maximum Gasteiger partial charge on any atom is 0.171 e. The van der Waals surface area contributed by atoms with E-state index in [1.807, 2.05) is 13.8 Å². The van der Waals surface area contributed by atoms with Crippen LogP contribution >= 0.6 is 0 Å². The Morgan fingerprint density at radius 3 is 2.72 bits per heavy atom. The molecule has 1 N–H and O–H groups in total. The summed E-state index contributed by atoms with van der Waals surface area (Å²) in [4.78, 5) is 0. The highest BCUT2D eigenvalue weighted by Crippen LogP contribution is 2.25. The molecule has 0 atom stereocenters. The second-order valence-electron chi connectivity index (χ2n) is 4.34. The zero-order valence-corrected chi connectivity index (χ0v) is 10.2. The van der Waals surface area contributed by atoms with Crippen molar-refractivity contribution in [1.82, 2.24) is 10.5 Å². The van der Waals surface area contributed by atoms with E-state index in [9.17, 15) is 8.78 Å². The van der Waals surface area contributed by atoms with Crippen molar-refractivity contribution in [1.29, 1.82) is 0 Å². The summed E-state index contributed by atoms with van der Waals surface area (Å²) in [5.41, 5.74) is 1.29. The monoisotopic (exact) mass is 252 g/mol. The number of benzene rings is 1. The Morgan fingerprint density at radius 1 is 1.28 bits per heavy atom. The maximum atomic E-state index is 13.2. The minimum atomic E-state index is -0.897. The van der Waals surface area contributed by atoms with E-state index in [1.54, 1.807) is 6.20 Å². The lowest BCUT2D eigenvalue weighted by Gasteiger charge is -2.07. The van der Waals surface area contributed by atoms with Gasteiger partial charge in [0.25, 0.3) is 0 Å². The molecule has 0 fully saturated rings. The molecule has 0 aliphatic heterocycles. The summed E-state index contributed by atoms with van der Waals surface area (Å²) in [7, 11) is 0. The van der Waals surface area contributed by atoms with Crippen LogP contribution in [0.5, 0.6) is 0 Å². The van der Waals surface area contributed by atoms with E-state index in [0.29, 0.717) is 23.9 Å². The summed E-state index contributed by atoms with van der Waals surface area (Å²) in [6, 6.07) is 3.97. The van der Waals surface area contributed by atoms with Crippen LogP contribution < -0.4 is 5.32 Å². The Bertz CT molecular complexity index is 538. The van der Waals surface area contributed by atoms with Gasteiger partial charge in [-0.1, -0.05) is 19.0 Å². The van der Waals surface area contributed by atoms with Gasteiger partial charge in [0.1, 0.15) is 0 Å². The van der Waals surface area contributed by atoms with E-state index in [-0.39, 0.29) is 0 Å². The summed E-state index contributed by atoms with van der Waals surface area (Å²) in [5.74, 6) is -1.31. The van der Waals surface area contributed by atoms with Crippen LogP contribution in [-0.4, -0.2) is 11.2 Å². The third-order valence-electron chi connectivity index (χ3n) is 2.53. The third kappa shape index (κ3) is 2.73. The molecule has 1 aromatic heterocycles. The molecule has 0 aliphatic carbocycles. The van der Waals surface area contributed by atoms with E-state index in [0.717, 1.165) is 17.7 Å². The Morgan fingerprint density at radius 2 is 2.06 bits per heavy atom. The van der Waals surface area contributed by atoms with E-state index < -0.39 is 11.6 Å². The van der Waals surface area contributed by atoms with Gasteiger partial charge in [-0.3, -0.25) is 0 Å². The lowest BCUT2D eigenvalue weighted by molar-refractivity contribution is 0.430. The number of hydrogen-bond acceptors (Lipinski definition) is 3. The largest absolute Gasteiger partial charge is 0.356 e. The van der Waals surface area contributed by atoms with E-state index >= 15 is 0 Å². The second kappa shape index (κ2) is 5.27. The molecule has 1 heterocycles. The van der Waals surface area contributed by atoms with Gasteiger partial charge in [-0.15, -0.1) is 0 Å². The van der Waals surface area contributed by atoms with Crippen molar-refractivity contribution in [2.45, 2.75) is 26.4 Å². The fourth-order valence-electron chi connectivity index (χ4n) is 1.58. The molecule has 0 saturated carbocycles. The topological polar surface area (TPSA) is 38.1 Å². The van der Waals surface area contributed by atoms with Gasteiger partial charge in [0.05, 0.1) is 6.20 Å². The molecule has 18 heavy (non-hydrogen) atoms. The zero-order valence-electron chi connectivity index (χ0n) is 10.2. The van der Waals surface area contributed by atoms with Crippen LogP contribution in [0.4, 0.5) is 8.78 Å². The molecule has 3 nitrogen and oxygen atoms in total. The van der Waals surface area contributed by atoms with Crippen molar-refractivity contribution in [3.8, 4) is 11.3 Å². The molecular formula is C13H14F2N2O. The molecule has 0 radical (unpaired) electrons. The van der Waals surface area contributed by atoms with Crippen LogP contribution in [-0.2, 0) is 6.54 Å². The van der Waals surface area contributed by atoms with Gasteiger partial charge < -0.3 is 9.84 Å². The maximum absolute atomic E-state index is 13.2. The molecule has 5 heteroatoms. The molecule has 96 valence electrons. The molecule has 0 aliphatic rings. The summed E-state index contributed by atoms with van der Waals surface area (Å²) in [6.07, 6.45) is 1.58. The van der Waals surface area contributed by atoms with Crippen molar-refractivity contribution in [3.05, 3.63) is 41.6 Å². The lowest BCUT2D eigenvalue weighted by Crippen LogP contribution is -2.21. The van der Waals surface area contributed by atoms with Gasteiger partial charge >= 0.3 is 0 Å². The molecule has 0 bridgehead atoms. The summed E-state index contributed by atoms with van der Waals surface area (Å²) < 4.78 is 31.1. The molecular weight excluding hydrogens is 238 g/mol. The van der Waals surface area contributed by atoms with Crippen molar-refractivity contribution < 1.29 is 13.3 Å². The Kier molecular flexibility index (Phi) is 3.72. The Labute approximate surface area is 104 Å². The van der Waals surface area contributed by atoms with E-state index in [1.165, 1.54) is 6.07 Å². The van der Waals surface area contributed by atoms with Crippen LogP contribution in [0.3, 0.4) is 0 Å². The van der Waals surface area contributed by atoms with Crippen LogP contribution in [0.15, 0.2) is 28.9 Å². The third-order valence-corrected chi connectivity index (χ3v) is 2.53. The van der Waals surface area contributed by atoms with E-state index in [2.05, 4.69) is 10.5 Å². The van der Waals surface area contributed by atoms with Crippen molar-refractivity contribution >= 4 is 0 Å². The number of nitrogens with zero attached hydrogens (tertiary/aromatic N) is 1. The highest BCUT2D eigenvalue weighted by molar-refractivity contribution is 5.60. The first-order chi connectivity index (χ1) is 8.58. The number of rotatable bonds is 4. The van der Waals surface area contributed by atoms with Gasteiger partial charge in [-0.05, 0) is 18.2 Å². The predicted octanol–water partition coefficient (Wildman–Crippen LogP) is 3.12. The highest BCUT2D eigenvalue weighted by atomic mass is 19.2. The average Bonchev–Trinajstić information content (AvgIpc) is 2.78.